The summed E-state index contributed by atoms with van der Waals surface area (Å²) in [5, 5.41) is 0. The highest BCUT2D eigenvalue weighted by Crippen LogP contribution is 2.31. The van der Waals surface area contributed by atoms with E-state index >= 15 is 0 Å². The number of hydrogen-bond donors (Lipinski definition) is 0. The Morgan fingerprint density at radius 2 is 1.90 bits per heavy atom. The standard InChI is InChI=1S/C19H23S/c1-5-8-13-17(4)20(18(7-3)14-9-6-2)19-15-11-10-12-16-19/h5-6,8-16H,1,4,7H2,2-3H3/q+1/b9-6-,13-8-,18-14+. The van der Waals surface area contributed by atoms with Gasteiger partial charge >= 0.3 is 0 Å². The van der Waals surface area contributed by atoms with Crippen LogP contribution in [0.1, 0.15) is 20.3 Å². The molecular formula is C19H23S+. The van der Waals surface area contributed by atoms with Crippen molar-refractivity contribution in [2.45, 2.75) is 25.2 Å². The van der Waals surface area contributed by atoms with Gasteiger partial charge in [0.15, 0.2) is 9.80 Å². The third-order valence-electron chi connectivity index (χ3n) is 2.74. The van der Waals surface area contributed by atoms with Crippen LogP contribution in [0.4, 0.5) is 0 Å². The minimum Gasteiger partial charge on any atom is -0.0991 e. The summed E-state index contributed by atoms with van der Waals surface area (Å²) in [7, 11) is -0.0926. The topological polar surface area (TPSA) is 0 Å². The number of rotatable bonds is 7. The Bertz CT molecular complexity index is 518. The highest BCUT2D eigenvalue weighted by molar-refractivity contribution is 8.04. The van der Waals surface area contributed by atoms with E-state index in [-0.39, 0.29) is 10.9 Å². The lowest BCUT2D eigenvalue weighted by atomic mass is 10.4. The second-order valence-electron chi connectivity index (χ2n) is 4.19. The molecule has 0 aliphatic carbocycles. The van der Waals surface area contributed by atoms with Gasteiger partial charge in [-0.1, -0.05) is 56.0 Å². The molecule has 0 amide bonds. The van der Waals surface area contributed by atoms with Gasteiger partial charge in [0.25, 0.3) is 0 Å². The molecule has 0 saturated heterocycles. The van der Waals surface area contributed by atoms with E-state index in [1.165, 1.54) is 9.80 Å². The lowest BCUT2D eigenvalue weighted by Crippen LogP contribution is -2.07. The fourth-order valence-corrected chi connectivity index (χ4v) is 3.89. The van der Waals surface area contributed by atoms with Crippen LogP contribution in [0.25, 0.3) is 0 Å². The molecule has 20 heavy (non-hydrogen) atoms. The fourth-order valence-electron chi connectivity index (χ4n) is 1.80. The van der Waals surface area contributed by atoms with Crippen LogP contribution in [0.2, 0.25) is 0 Å². The Kier molecular flexibility index (Phi) is 7.52. The molecule has 0 spiro atoms. The Morgan fingerprint density at radius 1 is 1.20 bits per heavy atom. The van der Waals surface area contributed by atoms with Crippen LogP contribution in [0.3, 0.4) is 0 Å². The number of allylic oxidation sites excluding steroid dienone is 7. The second-order valence-corrected chi connectivity index (χ2v) is 6.33. The zero-order chi connectivity index (χ0) is 14.8. The van der Waals surface area contributed by atoms with E-state index in [1.807, 2.05) is 13.0 Å². The SMILES string of the molecule is C=C/C=C\C(=C)[S+](/C(=C/C=C\C)CC)c1ccccc1. The maximum Gasteiger partial charge on any atom is 0.166 e. The zero-order valence-electron chi connectivity index (χ0n) is 12.4. The minimum absolute atomic E-state index is 0.0926. The largest absolute Gasteiger partial charge is 0.166 e. The molecule has 0 saturated carbocycles. The highest BCUT2D eigenvalue weighted by atomic mass is 32.2. The molecule has 0 aromatic heterocycles. The molecule has 1 atom stereocenters. The van der Waals surface area contributed by atoms with E-state index in [0.29, 0.717) is 0 Å². The maximum atomic E-state index is 4.26. The van der Waals surface area contributed by atoms with E-state index in [1.54, 1.807) is 6.08 Å². The summed E-state index contributed by atoms with van der Waals surface area (Å²) in [6, 6.07) is 10.6. The average Bonchev–Trinajstić information content (AvgIpc) is 2.49. The molecule has 0 aliphatic rings. The van der Waals surface area contributed by atoms with E-state index in [0.717, 1.165) is 11.3 Å². The lowest BCUT2D eigenvalue weighted by molar-refractivity contribution is 1.19. The van der Waals surface area contributed by atoms with Crippen molar-refractivity contribution >= 4 is 10.9 Å². The third-order valence-corrected chi connectivity index (χ3v) is 5.10. The molecule has 0 fully saturated rings. The summed E-state index contributed by atoms with van der Waals surface area (Å²) in [6.45, 7) is 12.2. The number of benzene rings is 1. The molecule has 0 heterocycles. The van der Waals surface area contributed by atoms with Crippen LogP contribution in [0, 0.1) is 0 Å². The van der Waals surface area contributed by atoms with Crippen molar-refractivity contribution in [3.05, 3.63) is 89.8 Å². The first-order chi connectivity index (χ1) is 9.74. The van der Waals surface area contributed by atoms with Crippen molar-refractivity contribution in [2.24, 2.45) is 0 Å². The molecule has 0 N–H and O–H groups in total. The summed E-state index contributed by atoms with van der Waals surface area (Å²) in [5.41, 5.74) is 0. The molecule has 1 aromatic carbocycles. The Balaban J connectivity index is 3.23. The summed E-state index contributed by atoms with van der Waals surface area (Å²) in [5.74, 6) is 0. The van der Waals surface area contributed by atoms with Gasteiger partial charge in [-0.25, -0.2) is 0 Å². The zero-order valence-corrected chi connectivity index (χ0v) is 13.2. The van der Waals surface area contributed by atoms with Gasteiger partial charge in [-0.15, -0.1) is 0 Å². The summed E-state index contributed by atoms with van der Waals surface area (Å²) in [6.07, 6.45) is 13.2. The van der Waals surface area contributed by atoms with Crippen molar-refractivity contribution in [3.63, 3.8) is 0 Å². The number of hydrogen-bond acceptors (Lipinski definition) is 0. The molecule has 1 rings (SSSR count). The van der Waals surface area contributed by atoms with Gasteiger partial charge in [-0.3, -0.25) is 0 Å². The van der Waals surface area contributed by atoms with Crippen LogP contribution in [0.5, 0.6) is 0 Å². The molecule has 0 nitrogen and oxygen atoms in total. The van der Waals surface area contributed by atoms with Crippen LogP contribution < -0.4 is 0 Å². The molecule has 0 bridgehead atoms. The van der Waals surface area contributed by atoms with Crippen LogP contribution in [0.15, 0.2) is 94.7 Å². The van der Waals surface area contributed by atoms with E-state index in [2.05, 4.69) is 74.7 Å². The fraction of sp³-hybridized carbons (Fsp3) is 0.158. The van der Waals surface area contributed by atoms with E-state index in [9.17, 15) is 0 Å². The summed E-state index contributed by atoms with van der Waals surface area (Å²) in [4.78, 5) is 3.82. The lowest BCUT2D eigenvalue weighted by Gasteiger charge is -2.09. The van der Waals surface area contributed by atoms with Crippen LogP contribution in [-0.2, 0) is 10.9 Å². The van der Waals surface area contributed by atoms with Gasteiger partial charge < -0.3 is 0 Å². The first kappa shape index (κ1) is 16.3. The normalized spacial score (nSPS) is 13.8. The molecule has 1 unspecified atom stereocenters. The van der Waals surface area contributed by atoms with Gasteiger partial charge in [0.1, 0.15) is 4.91 Å². The quantitative estimate of drug-likeness (QED) is 0.439. The Hall–Kier alpha value is -1.73. The van der Waals surface area contributed by atoms with Crippen molar-refractivity contribution in [3.8, 4) is 0 Å². The van der Waals surface area contributed by atoms with Gasteiger partial charge in [-0.2, -0.15) is 0 Å². The maximum absolute atomic E-state index is 4.26. The molecule has 1 aromatic rings. The smallest absolute Gasteiger partial charge is 0.0991 e. The average molecular weight is 283 g/mol. The molecule has 0 radical (unpaired) electrons. The molecular weight excluding hydrogens is 260 g/mol. The first-order valence-electron chi connectivity index (χ1n) is 6.83. The van der Waals surface area contributed by atoms with Crippen molar-refractivity contribution in [1.82, 2.24) is 0 Å². The minimum atomic E-state index is -0.0926. The Labute approximate surface area is 126 Å². The monoisotopic (exact) mass is 283 g/mol. The first-order valence-corrected chi connectivity index (χ1v) is 8.06. The van der Waals surface area contributed by atoms with Gasteiger partial charge in [0.2, 0.25) is 0 Å². The van der Waals surface area contributed by atoms with Crippen LogP contribution in [-0.4, -0.2) is 0 Å². The molecule has 104 valence electrons. The van der Waals surface area contributed by atoms with Gasteiger partial charge in [-0.05, 0) is 37.8 Å². The molecule has 1 heteroatoms. The highest BCUT2D eigenvalue weighted by Gasteiger charge is 2.28. The predicted molar refractivity (Wildman–Crippen MR) is 93.7 cm³/mol. The van der Waals surface area contributed by atoms with Gasteiger partial charge in [0.05, 0.1) is 10.9 Å². The predicted octanol–water partition coefficient (Wildman–Crippen LogP) is 5.79. The Morgan fingerprint density at radius 3 is 2.45 bits per heavy atom. The van der Waals surface area contributed by atoms with Crippen molar-refractivity contribution in [1.29, 1.82) is 0 Å². The second kappa shape index (κ2) is 9.22. The summed E-state index contributed by atoms with van der Waals surface area (Å²) < 4.78 is 0. The third kappa shape index (κ3) is 4.75. The van der Waals surface area contributed by atoms with E-state index < -0.39 is 0 Å². The molecule has 0 aliphatic heterocycles. The van der Waals surface area contributed by atoms with Gasteiger partial charge in [0, 0.05) is 6.42 Å². The van der Waals surface area contributed by atoms with Crippen molar-refractivity contribution in [2.75, 3.05) is 0 Å². The van der Waals surface area contributed by atoms with Crippen molar-refractivity contribution < 1.29 is 0 Å². The van der Waals surface area contributed by atoms with Crippen LogP contribution >= 0.6 is 0 Å². The summed E-state index contributed by atoms with van der Waals surface area (Å²) >= 11 is 0. The van der Waals surface area contributed by atoms with E-state index in [4.69, 9.17) is 0 Å².